The number of nitrogens with zero attached hydrogens (tertiary/aromatic N) is 1. The third-order valence-corrected chi connectivity index (χ3v) is 3.27. The highest BCUT2D eigenvalue weighted by atomic mass is 35.5. The third kappa shape index (κ3) is 4.67. The van der Waals surface area contributed by atoms with E-state index in [1.165, 1.54) is 0 Å². The molecule has 0 saturated heterocycles. The Morgan fingerprint density at radius 2 is 2.06 bits per heavy atom. The molecule has 0 saturated carbocycles. The molecule has 1 aromatic rings. The number of halogens is 1. The second-order valence-corrected chi connectivity index (χ2v) is 4.65. The molecule has 0 aromatic heterocycles. The van der Waals surface area contributed by atoms with E-state index in [9.17, 15) is 4.79 Å². The van der Waals surface area contributed by atoms with Crippen LogP contribution in [0.25, 0.3) is 0 Å². The third-order valence-electron chi connectivity index (χ3n) is 2.90. The van der Waals surface area contributed by atoms with Crippen molar-refractivity contribution >= 4 is 17.5 Å². The van der Waals surface area contributed by atoms with E-state index >= 15 is 0 Å². The van der Waals surface area contributed by atoms with Crippen molar-refractivity contribution in [3.63, 3.8) is 0 Å². The van der Waals surface area contributed by atoms with Gasteiger partial charge in [-0.05, 0) is 37.9 Å². The van der Waals surface area contributed by atoms with Gasteiger partial charge in [0, 0.05) is 24.5 Å². The average molecular weight is 269 g/mol. The molecule has 1 aromatic carbocycles. The van der Waals surface area contributed by atoms with Crippen molar-refractivity contribution in [1.29, 1.82) is 0 Å². The van der Waals surface area contributed by atoms with Gasteiger partial charge in [-0.3, -0.25) is 4.79 Å². The highest BCUT2D eigenvalue weighted by molar-refractivity contribution is 6.31. The van der Waals surface area contributed by atoms with E-state index in [0.717, 1.165) is 18.4 Å². The molecule has 100 valence electrons. The number of amides is 1. The van der Waals surface area contributed by atoms with Crippen LogP contribution in [-0.2, 0) is 11.3 Å². The summed E-state index contributed by atoms with van der Waals surface area (Å²) in [6.45, 7) is 3.91. The minimum atomic E-state index is 0.172. The summed E-state index contributed by atoms with van der Waals surface area (Å²) >= 11 is 6.10. The number of carbonyl (C=O) groups is 1. The molecule has 4 heteroatoms. The van der Waals surface area contributed by atoms with Crippen molar-refractivity contribution in [3.05, 3.63) is 34.9 Å². The van der Waals surface area contributed by atoms with Crippen LogP contribution in [0.3, 0.4) is 0 Å². The average Bonchev–Trinajstić information content (AvgIpc) is 2.38. The molecule has 0 unspecified atom stereocenters. The van der Waals surface area contributed by atoms with Gasteiger partial charge in [-0.2, -0.15) is 0 Å². The normalized spacial score (nSPS) is 10.4. The minimum absolute atomic E-state index is 0.172. The predicted octanol–water partition coefficient (Wildman–Crippen LogP) is 2.82. The van der Waals surface area contributed by atoms with Crippen LogP contribution < -0.4 is 5.73 Å². The molecule has 0 aliphatic heterocycles. The first-order valence-corrected chi connectivity index (χ1v) is 6.78. The summed E-state index contributed by atoms with van der Waals surface area (Å²) in [4.78, 5) is 13.8. The van der Waals surface area contributed by atoms with Crippen LogP contribution in [-0.4, -0.2) is 23.9 Å². The van der Waals surface area contributed by atoms with Gasteiger partial charge in [0.15, 0.2) is 0 Å². The first-order valence-electron chi connectivity index (χ1n) is 6.40. The summed E-state index contributed by atoms with van der Waals surface area (Å²) in [5.74, 6) is 0.172. The number of unbranched alkanes of at least 4 members (excludes halogenated alkanes) is 1. The van der Waals surface area contributed by atoms with Gasteiger partial charge in [0.2, 0.25) is 5.91 Å². The molecular weight excluding hydrogens is 248 g/mol. The van der Waals surface area contributed by atoms with E-state index in [2.05, 4.69) is 0 Å². The summed E-state index contributed by atoms with van der Waals surface area (Å²) in [5, 5.41) is 0.714. The van der Waals surface area contributed by atoms with Gasteiger partial charge < -0.3 is 10.6 Å². The van der Waals surface area contributed by atoms with E-state index in [1.54, 1.807) is 0 Å². The molecule has 1 rings (SSSR count). The van der Waals surface area contributed by atoms with Crippen molar-refractivity contribution in [2.75, 3.05) is 13.1 Å². The van der Waals surface area contributed by atoms with Crippen molar-refractivity contribution in [2.24, 2.45) is 5.73 Å². The highest BCUT2D eigenvalue weighted by Gasteiger charge is 2.12. The van der Waals surface area contributed by atoms with E-state index in [0.29, 0.717) is 31.1 Å². The Kier molecular flexibility index (Phi) is 6.76. The predicted molar refractivity (Wildman–Crippen MR) is 75.4 cm³/mol. The van der Waals surface area contributed by atoms with E-state index in [-0.39, 0.29) is 5.91 Å². The number of nitrogens with two attached hydrogens (primary N) is 1. The fourth-order valence-electron chi connectivity index (χ4n) is 1.79. The molecule has 0 fully saturated rings. The molecule has 1 amide bonds. The molecule has 18 heavy (non-hydrogen) atoms. The van der Waals surface area contributed by atoms with Gasteiger partial charge in [-0.25, -0.2) is 0 Å². The Hall–Kier alpha value is -1.06. The quantitative estimate of drug-likeness (QED) is 0.773. The Morgan fingerprint density at radius 1 is 1.33 bits per heavy atom. The summed E-state index contributed by atoms with van der Waals surface area (Å²) in [7, 11) is 0. The largest absolute Gasteiger partial charge is 0.339 e. The van der Waals surface area contributed by atoms with Crippen molar-refractivity contribution in [2.45, 2.75) is 32.7 Å². The second kappa shape index (κ2) is 8.11. The highest BCUT2D eigenvalue weighted by Crippen LogP contribution is 2.17. The lowest BCUT2D eigenvalue weighted by molar-refractivity contribution is -0.131. The van der Waals surface area contributed by atoms with Gasteiger partial charge in [0.05, 0.1) is 0 Å². The van der Waals surface area contributed by atoms with Crippen LogP contribution in [0.1, 0.15) is 31.7 Å². The molecule has 3 nitrogen and oxygen atoms in total. The number of hydrogen-bond donors (Lipinski definition) is 1. The van der Waals surface area contributed by atoms with Crippen LogP contribution in [0.4, 0.5) is 0 Å². The van der Waals surface area contributed by atoms with Crippen molar-refractivity contribution < 1.29 is 4.79 Å². The first-order chi connectivity index (χ1) is 8.69. The molecule has 0 spiro atoms. The molecule has 0 aliphatic rings. The number of hydrogen-bond acceptors (Lipinski definition) is 2. The molecule has 2 N–H and O–H groups in total. The number of rotatable bonds is 7. The molecular formula is C14H21ClN2O. The van der Waals surface area contributed by atoms with Crippen LogP contribution >= 0.6 is 11.6 Å². The molecule has 0 atom stereocenters. The van der Waals surface area contributed by atoms with E-state index in [1.807, 2.05) is 36.1 Å². The molecule has 0 heterocycles. The summed E-state index contributed by atoms with van der Waals surface area (Å²) in [6, 6.07) is 7.64. The lowest BCUT2D eigenvalue weighted by atomic mass is 10.2. The summed E-state index contributed by atoms with van der Waals surface area (Å²) in [5.41, 5.74) is 6.42. The SMILES string of the molecule is CCN(Cc1ccccc1Cl)C(=O)CCCCN. The summed E-state index contributed by atoms with van der Waals surface area (Å²) in [6.07, 6.45) is 2.32. The standard InChI is InChI=1S/C14H21ClN2O/c1-2-17(14(18)9-5-6-10-16)11-12-7-3-4-8-13(12)15/h3-4,7-8H,2,5-6,9-11,16H2,1H3. The molecule has 0 aliphatic carbocycles. The fourth-order valence-corrected chi connectivity index (χ4v) is 1.98. The maximum Gasteiger partial charge on any atom is 0.222 e. The maximum absolute atomic E-state index is 12.0. The number of carbonyl (C=O) groups excluding carboxylic acids is 1. The van der Waals surface area contributed by atoms with Crippen LogP contribution in [0.15, 0.2) is 24.3 Å². The zero-order chi connectivity index (χ0) is 13.4. The lowest BCUT2D eigenvalue weighted by Gasteiger charge is -2.21. The monoisotopic (exact) mass is 268 g/mol. The van der Waals surface area contributed by atoms with Gasteiger partial charge in [0.1, 0.15) is 0 Å². The van der Waals surface area contributed by atoms with Crippen molar-refractivity contribution in [1.82, 2.24) is 4.90 Å². The Morgan fingerprint density at radius 3 is 2.67 bits per heavy atom. The second-order valence-electron chi connectivity index (χ2n) is 4.25. The fraction of sp³-hybridized carbons (Fsp3) is 0.500. The van der Waals surface area contributed by atoms with Crippen LogP contribution in [0.2, 0.25) is 5.02 Å². The van der Waals surface area contributed by atoms with Gasteiger partial charge >= 0.3 is 0 Å². The lowest BCUT2D eigenvalue weighted by Crippen LogP contribution is -2.30. The Balaban J connectivity index is 2.56. The minimum Gasteiger partial charge on any atom is -0.339 e. The number of benzene rings is 1. The molecule has 0 radical (unpaired) electrons. The van der Waals surface area contributed by atoms with Crippen molar-refractivity contribution in [3.8, 4) is 0 Å². The van der Waals surface area contributed by atoms with Crippen LogP contribution in [0.5, 0.6) is 0 Å². The van der Waals surface area contributed by atoms with E-state index < -0.39 is 0 Å². The zero-order valence-electron chi connectivity index (χ0n) is 10.9. The topological polar surface area (TPSA) is 46.3 Å². The van der Waals surface area contributed by atoms with E-state index in [4.69, 9.17) is 17.3 Å². The smallest absolute Gasteiger partial charge is 0.222 e. The summed E-state index contributed by atoms with van der Waals surface area (Å²) < 4.78 is 0. The Bertz CT molecular complexity index is 382. The van der Waals surface area contributed by atoms with Gasteiger partial charge in [0.25, 0.3) is 0 Å². The Labute approximate surface area is 114 Å². The zero-order valence-corrected chi connectivity index (χ0v) is 11.6. The van der Waals surface area contributed by atoms with Crippen LogP contribution in [0, 0.1) is 0 Å². The molecule has 0 bridgehead atoms. The van der Waals surface area contributed by atoms with Gasteiger partial charge in [-0.1, -0.05) is 29.8 Å². The first kappa shape index (κ1) is 15.0. The maximum atomic E-state index is 12.0. The van der Waals surface area contributed by atoms with Gasteiger partial charge in [-0.15, -0.1) is 0 Å².